The number of nitrogens with zero attached hydrogens (tertiary/aromatic N) is 6. The molecule has 0 atom stereocenters. The molecule has 1 aliphatic heterocycles. The maximum absolute atomic E-state index is 13.9. The summed E-state index contributed by atoms with van der Waals surface area (Å²) in [5.74, 6) is -0.860. The summed E-state index contributed by atoms with van der Waals surface area (Å²) in [5.41, 5.74) is 1.93. The Morgan fingerprint density at radius 3 is 2.74 bits per heavy atom. The van der Waals surface area contributed by atoms with Crippen LogP contribution in [0.15, 0.2) is 41.5 Å². The van der Waals surface area contributed by atoms with Crippen LogP contribution in [-0.4, -0.2) is 71.3 Å². The summed E-state index contributed by atoms with van der Waals surface area (Å²) >= 11 is 0. The Morgan fingerprint density at radius 2 is 2.06 bits per heavy atom. The number of carbonyl (C=O) groups is 1. The molecule has 3 heterocycles. The van der Waals surface area contributed by atoms with E-state index >= 15 is 0 Å². The van der Waals surface area contributed by atoms with Crippen molar-refractivity contribution in [3.8, 4) is 0 Å². The number of aromatic nitrogens is 3. The van der Waals surface area contributed by atoms with Crippen molar-refractivity contribution in [1.82, 2.24) is 20.1 Å². The van der Waals surface area contributed by atoms with Gasteiger partial charge in [-0.15, -0.1) is 10.2 Å². The first-order valence-corrected chi connectivity index (χ1v) is 11.2. The first-order chi connectivity index (χ1) is 16.9. The van der Waals surface area contributed by atoms with E-state index in [9.17, 15) is 13.6 Å². The monoisotopic (exact) mass is 480 g/mol. The molecule has 0 bridgehead atoms. The summed E-state index contributed by atoms with van der Waals surface area (Å²) in [6.07, 6.45) is 4.68. The van der Waals surface area contributed by atoms with Crippen molar-refractivity contribution in [2.45, 2.75) is 25.3 Å². The lowest BCUT2D eigenvalue weighted by Gasteiger charge is -2.37. The third-order valence-corrected chi connectivity index (χ3v) is 6.16. The topological polar surface area (TPSA) is 110 Å². The molecule has 2 aromatic heterocycles. The Kier molecular flexibility index (Phi) is 7.23. The minimum Gasteiger partial charge on any atom is -0.353 e. The number of fused-ring (bicyclic) bond motifs is 1. The number of piperidine rings is 1. The second-order valence-electron chi connectivity index (χ2n) is 8.23. The highest BCUT2D eigenvalue weighted by Gasteiger charge is 2.28. The molecule has 182 valence electrons. The summed E-state index contributed by atoms with van der Waals surface area (Å²) in [5, 5.41) is 19.6. The van der Waals surface area contributed by atoms with Gasteiger partial charge in [-0.25, -0.2) is 13.6 Å². The molecule has 2 amide bonds. The van der Waals surface area contributed by atoms with Crippen LogP contribution < -0.4 is 10.2 Å². The fraction of sp³-hybridized carbons (Fsp3) is 0.333. The summed E-state index contributed by atoms with van der Waals surface area (Å²) in [6.45, 7) is 1.25. The van der Waals surface area contributed by atoms with Gasteiger partial charge in [-0.1, -0.05) is 0 Å². The molecule has 0 radical (unpaired) electrons. The van der Waals surface area contributed by atoms with Gasteiger partial charge in [0.2, 0.25) is 0 Å². The second kappa shape index (κ2) is 10.5. The molecule has 0 saturated carbocycles. The van der Waals surface area contributed by atoms with Crippen LogP contribution in [0.3, 0.4) is 0 Å². The van der Waals surface area contributed by atoms with Crippen molar-refractivity contribution >= 4 is 40.4 Å². The van der Waals surface area contributed by atoms with Crippen LogP contribution in [0, 0.1) is 17.0 Å². The van der Waals surface area contributed by atoms with Crippen LogP contribution >= 0.6 is 0 Å². The number of halogens is 2. The largest absolute Gasteiger partial charge is 0.353 e. The number of hydrogen-bond acceptors (Lipinski definition) is 7. The van der Waals surface area contributed by atoms with Gasteiger partial charge in [-0.2, -0.15) is 0 Å². The highest BCUT2D eigenvalue weighted by molar-refractivity contribution is 6.13. The van der Waals surface area contributed by atoms with Gasteiger partial charge in [0.05, 0.1) is 11.4 Å². The Balaban J connectivity index is 1.47. The van der Waals surface area contributed by atoms with Crippen molar-refractivity contribution in [2.24, 2.45) is 4.99 Å². The summed E-state index contributed by atoms with van der Waals surface area (Å²) < 4.78 is 27.0. The number of urea groups is 1. The van der Waals surface area contributed by atoms with E-state index in [1.165, 1.54) is 12.3 Å². The molecule has 0 unspecified atom stereocenters. The molecule has 0 spiro atoms. The van der Waals surface area contributed by atoms with E-state index in [-0.39, 0.29) is 11.7 Å². The maximum Gasteiger partial charge on any atom is 0.321 e. The Hall–Kier alpha value is -4.02. The third-order valence-electron chi connectivity index (χ3n) is 6.16. The van der Waals surface area contributed by atoms with E-state index in [0.717, 1.165) is 17.5 Å². The molecule has 0 aliphatic carbocycles. The SMILES string of the molecule is CN=C(CC=N)c1nnc(N2CCC(N(C)C(=O)Nc3ccc(F)cc3F)CC2)c2ncccc12. The molecular weight excluding hydrogens is 454 g/mol. The zero-order valence-electron chi connectivity index (χ0n) is 19.5. The minimum absolute atomic E-state index is 0.0624. The molecule has 2 N–H and O–H groups in total. The maximum atomic E-state index is 13.9. The lowest BCUT2D eigenvalue weighted by molar-refractivity contribution is 0.192. The van der Waals surface area contributed by atoms with Crippen LogP contribution in [0.4, 0.5) is 25.1 Å². The average Bonchev–Trinajstić information content (AvgIpc) is 2.88. The first-order valence-electron chi connectivity index (χ1n) is 11.2. The number of aliphatic imine (C=N–C) groups is 1. The van der Waals surface area contributed by atoms with E-state index in [1.807, 2.05) is 12.1 Å². The number of nitrogens with one attached hydrogen (secondary N) is 2. The number of anilines is 2. The smallest absolute Gasteiger partial charge is 0.321 e. The van der Waals surface area contributed by atoms with E-state index < -0.39 is 17.7 Å². The second-order valence-corrected chi connectivity index (χ2v) is 8.23. The molecule has 1 aromatic carbocycles. The van der Waals surface area contributed by atoms with Gasteiger partial charge in [-0.05, 0) is 37.1 Å². The van der Waals surface area contributed by atoms with Crippen molar-refractivity contribution < 1.29 is 13.6 Å². The predicted molar refractivity (Wildman–Crippen MR) is 132 cm³/mol. The van der Waals surface area contributed by atoms with E-state index in [4.69, 9.17) is 5.41 Å². The van der Waals surface area contributed by atoms with Crippen LogP contribution in [-0.2, 0) is 0 Å². The molecule has 4 rings (SSSR count). The number of carbonyl (C=O) groups excluding carboxylic acids is 1. The summed E-state index contributed by atoms with van der Waals surface area (Å²) in [7, 11) is 3.33. The van der Waals surface area contributed by atoms with Crippen molar-refractivity contribution in [2.75, 3.05) is 37.4 Å². The van der Waals surface area contributed by atoms with E-state index in [0.29, 0.717) is 55.1 Å². The first kappa shape index (κ1) is 24.1. The van der Waals surface area contributed by atoms with E-state index in [2.05, 4.69) is 30.4 Å². The van der Waals surface area contributed by atoms with Gasteiger partial charge in [0.25, 0.3) is 0 Å². The minimum atomic E-state index is -0.820. The van der Waals surface area contributed by atoms with Gasteiger partial charge in [0.15, 0.2) is 5.82 Å². The molecule has 9 nitrogen and oxygen atoms in total. The van der Waals surface area contributed by atoms with Gasteiger partial charge in [0.1, 0.15) is 22.8 Å². The van der Waals surface area contributed by atoms with Crippen LogP contribution in [0.25, 0.3) is 10.9 Å². The van der Waals surface area contributed by atoms with Gasteiger partial charge >= 0.3 is 6.03 Å². The molecule has 1 fully saturated rings. The van der Waals surface area contributed by atoms with Gasteiger partial charge in [0, 0.05) is 63.5 Å². The van der Waals surface area contributed by atoms with Gasteiger partial charge < -0.3 is 20.5 Å². The molecular formula is C24H26F2N8O. The zero-order chi connectivity index (χ0) is 24.9. The number of amides is 2. The lowest BCUT2D eigenvalue weighted by atomic mass is 10.0. The predicted octanol–water partition coefficient (Wildman–Crippen LogP) is 3.89. The summed E-state index contributed by atoms with van der Waals surface area (Å²) in [6, 6.07) is 6.27. The standard InChI is InChI=1S/C24H26F2N8O/c1-28-20(7-10-27)21-17-4-3-11-29-22(17)23(32-31-21)34-12-8-16(9-13-34)33(2)24(35)30-19-6-5-15(25)14-18(19)26/h3-6,10-11,14,16,27H,7-9,12-13H2,1-2H3,(H,30,35). The molecule has 3 aromatic rings. The fourth-order valence-corrected chi connectivity index (χ4v) is 4.21. The molecule has 1 saturated heterocycles. The molecule has 11 heteroatoms. The third kappa shape index (κ3) is 5.08. The molecule has 35 heavy (non-hydrogen) atoms. The summed E-state index contributed by atoms with van der Waals surface area (Å²) in [4.78, 5) is 25.1. The Bertz CT molecular complexity index is 1270. The number of benzene rings is 1. The molecule has 1 aliphatic rings. The average molecular weight is 481 g/mol. The van der Waals surface area contributed by atoms with Crippen LogP contribution in [0.5, 0.6) is 0 Å². The fourth-order valence-electron chi connectivity index (χ4n) is 4.21. The van der Waals surface area contributed by atoms with E-state index in [1.54, 1.807) is 25.2 Å². The van der Waals surface area contributed by atoms with Crippen LogP contribution in [0.2, 0.25) is 0 Å². The highest BCUT2D eigenvalue weighted by atomic mass is 19.1. The normalized spacial score (nSPS) is 14.7. The van der Waals surface area contributed by atoms with Gasteiger partial charge in [-0.3, -0.25) is 9.98 Å². The Morgan fingerprint density at radius 1 is 1.29 bits per heavy atom. The van der Waals surface area contributed by atoms with Crippen molar-refractivity contribution in [3.63, 3.8) is 0 Å². The quantitative estimate of drug-likeness (QED) is 0.520. The number of pyridine rings is 1. The number of hydrogen-bond donors (Lipinski definition) is 2. The zero-order valence-corrected chi connectivity index (χ0v) is 19.5. The lowest BCUT2D eigenvalue weighted by Crippen LogP contribution is -2.47. The van der Waals surface area contributed by atoms with Crippen molar-refractivity contribution in [3.05, 3.63) is 53.9 Å². The van der Waals surface area contributed by atoms with Crippen molar-refractivity contribution in [1.29, 1.82) is 5.41 Å². The number of rotatable bonds is 6. The Labute approximate surface area is 201 Å². The van der Waals surface area contributed by atoms with Crippen LogP contribution in [0.1, 0.15) is 25.0 Å². The highest BCUT2D eigenvalue weighted by Crippen LogP contribution is 2.28.